The number of pyridine rings is 1. The van der Waals surface area contributed by atoms with Crippen LogP contribution < -0.4 is 11.3 Å². The number of nitrogen functional groups attached to an aromatic ring is 1. The maximum atomic E-state index is 12.4. The van der Waals surface area contributed by atoms with Gasteiger partial charge in [-0.25, -0.2) is 4.98 Å². The van der Waals surface area contributed by atoms with Crippen LogP contribution in [0.1, 0.15) is 10.5 Å². The van der Waals surface area contributed by atoms with Gasteiger partial charge in [-0.05, 0) is 26.2 Å². The first-order valence-corrected chi connectivity index (χ1v) is 6.79. The molecule has 0 saturated heterocycles. The number of hydrazine groups is 1. The van der Waals surface area contributed by atoms with Gasteiger partial charge in [0.1, 0.15) is 5.69 Å². The lowest BCUT2D eigenvalue weighted by molar-refractivity contribution is 0.0781. The molecule has 6 heteroatoms. The molecule has 3 N–H and O–H groups in total. The Morgan fingerprint density at radius 3 is 2.62 bits per heavy atom. The fourth-order valence-corrected chi connectivity index (χ4v) is 2.05. The molecule has 0 aliphatic rings. The van der Waals surface area contributed by atoms with Crippen molar-refractivity contribution < 1.29 is 4.79 Å². The van der Waals surface area contributed by atoms with Crippen LogP contribution >= 0.6 is 0 Å². The van der Waals surface area contributed by atoms with E-state index in [0.29, 0.717) is 17.9 Å². The van der Waals surface area contributed by atoms with Gasteiger partial charge in [-0.3, -0.25) is 10.6 Å². The summed E-state index contributed by atoms with van der Waals surface area (Å²) < 4.78 is 0. The van der Waals surface area contributed by atoms with Crippen LogP contribution in [0.4, 0.5) is 5.69 Å². The van der Waals surface area contributed by atoms with Crippen molar-refractivity contribution >= 4 is 22.5 Å². The number of anilines is 1. The topological polar surface area (TPSA) is 74.5 Å². The minimum atomic E-state index is -0.112. The third kappa shape index (κ3) is 3.48. The summed E-state index contributed by atoms with van der Waals surface area (Å²) in [6.45, 7) is 1.45. The summed E-state index contributed by atoms with van der Waals surface area (Å²) >= 11 is 0. The minimum Gasteiger partial charge on any atom is -0.339 e. The Balaban J connectivity index is 2.31. The molecule has 2 rings (SSSR count). The molecule has 1 amide bonds. The first-order valence-electron chi connectivity index (χ1n) is 6.79. The molecule has 0 aliphatic heterocycles. The molecule has 112 valence electrons. The number of hydrogen-bond donors (Lipinski definition) is 2. The summed E-state index contributed by atoms with van der Waals surface area (Å²) in [6, 6.07) is 9.28. The SMILES string of the molecule is CN(C)CCN(C)C(=O)c1cc(NN)c2ccccc2n1. The fraction of sp³-hybridized carbons (Fsp3) is 0.333. The molecule has 0 saturated carbocycles. The molecule has 0 spiro atoms. The van der Waals surface area contributed by atoms with E-state index in [-0.39, 0.29) is 5.91 Å². The second-order valence-electron chi connectivity index (χ2n) is 5.25. The predicted octanol–water partition coefficient (Wildman–Crippen LogP) is 1.15. The zero-order chi connectivity index (χ0) is 15.4. The van der Waals surface area contributed by atoms with E-state index in [0.717, 1.165) is 17.4 Å². The molecule has 0 fully saturated rings. The number of fused-ring (bicyclic) bond motifs is 1. The van der Waals surface area contributed by atoms with Gasteiger partial charge in [-0.2, -0.15) is 0 Å². The highest BCUT2D eigenvalue weighted by molar-refractivity contribution is 5.99. The molecule has 0 bridgehead atoms. The summed E-state index contributed by atoms with van der Waals surface area (Å²) in [5.41, 5.74) is 4.47. The Morgan fingerprint density at radius 1 is 1.24 bits per heavy atom. The average Bonchev–Trinajstić information content (AvgIpc) is 2.50. The van der Waals surface area contributed by atoms with Crippen molar-refractivity contribution in [1.82, 2.24) is 14.8 Å². The molecule has 2 aromatic rings. The van der Waals surface area contributed by atoms with Crippen LogP contribution in [0.2, 0.25) is 0 Å². The highest BCUT2D eigenvalue weighted by Crippen LogP contribution is 2.22. The van der Waals surface area contributed by atoms with Crippen molar-refractivity contribution in [2.24, 2.45) is 5.84 Å². The summed E-state index contributed by atoms with van der Waals surface area (Å²) in [6.07, 6.45) is 0. The molecular weight excluding hydrogens is 266 g/mol. The number of nitrogens with zero attached hydrogens (tertiary/aromatic N) is 3. The van der Waals surface area contributed by atoms with Crippen molar-refractivity contribution in [3.05, 3.63) is 36.0 Å². The molecule has 6 nitrogen and oxygen atoms in total. The van der Waals surface area contributed by atoms with Gasteiger partial charge in [-0.15, -0.1) is 0 Å². The van der Waals surface area contributed by atoms with E-state index < -0.39 is 0 Å². The van der Waals surface area contributed by atoms with E-state index in [9.17, 15) is 4.79 Å². The number of amides is 1. The Kier molecular flexibility index (Phi) is 4.72. The maximum absolute atomic E-state index is 12.4. The normalized spacial score (nSPS) is 10.9. The second kappa shape index (κ2) is 6.51. The first-order chi connectivity index (χ1) is 10.0. The highest BCUT2D eigenvalue weighted by atomic mass is 16.2. The molecule has 0 atom stereocenters. The number of likely N-dealkylation sites (N-methyl/N-ethyl adjacent to an activating group) is 2. The first kappa shape index (κ1) is 15.2. The number of nitrogens with one attached hydrogen (secondary N) is 1. The number of rotatable bonds is 5. The van der Waals surface area contributed by atoms with Crippen LogP contribution in [-0.4, -0.2) is 54.9 Å². The Morgan fingerprint density at radius 2 is 1.95 bits per heavy atom. The van der Waals surface area contributed by atoms with E-state index in [1.165, 1.54) is 0 Å². The van der Waals surface area contributed by atoms with Gasteiger partial charge >= 0.3 is 0 Å². The summed E-state index contributed by atoms with van der Waals surface area (Å²) in [7, 11) is 5.73. The zero-order valence-electron chi connectivity index (χ0n) is 12.6. The molecule has 0 unspecified atom stereocenters. The van der Waals surface area contributed by atoms with Crippen LogP contribution in [0.5, 0.6) is 0 Å². The van der Waals surface area contributed by atoms with Gasteiger partial charge < -0.3 is 15.2 Å². The highest BCUT2D eigenvalue weighted by Gasteiger charge is 2.15. The molecule has 1 aromatic heterocycles. The Bertz CT molecular complexity index is 641. The Labute approximate surface area is 124 Å². The van der Waals surface area contributed by atoms with E-state index in [2.05, 4.69) is 10.4 Å². The lowest BCUT2D eigenvalue weighted by Gasteiger charge is -2.20. The monoisotopic (exact) mass is 287 g/mol. The quantitative estimate of drug-likeness (QED) is 0.637. The minimum absolute atomic E-state index is 0.112. The van der Waals surface area contributed by atoms with Gasteiger partial charge in [0.15, 0.2) is 0 Å². The van der Waals surface area contributed by atoms with Crippen molar-refractivity contribution in [3.8, 4) is 0 Å². The van der Waals surface area contributed by atoms with E-state index in [4.69, 9.17) is 5.84 Å². The lowest BCUT2D eigenvalue weighted by Crippen LogP contribution is -2.34. The van der Waals surface area contributed by atoms with Crippen LogP contribution in [0, 0.1) is 0 Å². The average molecular weight is 287 g/mol. The summed E-state index contributed by atoms with van der Waals surface area (Å²) in [5, 5.41) is 0.896. The standard InChI is InChI=1S/C15H21N5O/c1-19(2)8-9-20(3)15(21)14-10-13(18-16)11-6-4-5-7-12(11)17-14/h4-7,10H,8-9,16H2,1-3H3,(H,17,18). The van der Waals surface area contributed by atoms with Crippen molar-refractivity contribution in [3.63, 3.8) is 0 Å². The fourth-order valence-electron chi connectivity index (χ4n) is 2.05. The number of hydrogen-bond acceptors (Lipinski definition) is 5. The number of para-hydroxylation sites is 1. The predicted molar refractivity (Wildman–Crippen MR) is 85.1 cm³/mol. The number of carbonyl (C=O) groups excluding carboxylic acids is 1. The van der Waals surface area contributed by atoms with Crippen molar-refractivity contribution in [2.75, 3.05) is 39.7 Å². The third-order valence-electron chi connectivity index (χ3n) is 3.32. The van der Waals surface area contributed by atoms with Gasteiger partial charge in [-0.1, -0.05) is 18.2 Å². The largest absolute Gasteiger partial charge is 0.339 e. The molecular formula is C15H21N5O. The van der Waals surface area contributed by atoms with Crippen LogP contribution in [-0.2, 0) is 0 Å². The van der Waals surface area contributed by atoms with Crippen LogP contribution in [0.3, 0.4) is 0 Å². The molecule has 0 aliphatic carbocycles. The third-order valence-corrected chi connectivity index (χ3v) is 3.32. The van der Waals surface area contributed by atoms with Crippen LogP contribution in [0.15, 0.2) is 30.3 Å². The Hall–Kier alpha value is -2.18. The smallest absolute Gasteiger partial charge is 0.272 e. The van der Waals surface area contributed by atoms with E-state index in [1.807, 2.05) is 43.3 Å². The van der Waals surface area contributed by atoms with Crippen molar-refractivity contribution in [2.45, 2.75) is 0 Å². The summed E-state index contributed by atoms with van der Waals surface area (Å²) in [4.78, 5) is 20.6. The number of aromatic nitrogens is 1. The zero-order valence-corrected chi connectivity index (χ0v) is 12.6. The van der Waals surface area contributed by atoms with E-state index in [1.54, 1.807) is 18.0 Å². The molecule has 0 radical (unpaired) electrons. The summed E-state index contributed by atoms with van der Waals surface area (Å²) in [5.74, 6) is 5.44. The van der Waals surface area contributed by atoms with Gasteiger partial charge in [0.2, 0.25) is 0 Å². The van der Waals surface area contributed by atoms with Gasteiger partial charge in [0.05, 0.1) is 11.2 Å². The molecule has 1 heterocycles. The van der Waals surface area contributed by atoms with Crippen molar-refractivity contribution in [1.29, 1.82) is 0 Å². The maximum Gasteiger partial charge on any atom is 0.272 e. The molecule has 1 aromatic carbocycles. The number of nitrogens with two attached hydrogens (primary N) is 1. The lowest BCUT2D eigenvalue weighted by atomic mass is 10.1. The number of carbonyl (C=O) groups is 1. The van der Waals surface area contributed by atoms with Gasteiger partial charge in [0.25, 0.3) is 5.91 Å². The van der Waals surface area contributed by atoms with E-state index >= 15 is 0 Å². The number of benzene rings is 1. The van der Waals surface area contributed by atoms with Crippen LogP contribution in [0.25, 0.3) is 10.9 Å². The van der Waals surface area contributed by atoms with Gasteiger partial charge in [0, 0.05) is 25.5 Å². The molecule has 21 heavy (non-hydrogen) atoms. The second-order valence-corrected chi connectivity index (χ2v) is 5.25.